The van der Waals surface area contributed by atoms with Crippen LogP contribution >= 0.6 is 11.8 Å². The molecule has 3 rings (SSSR count). The van der Waals surface area contributed by atoms with Gasteiger partial charge in [-0.1, -0.05) is 42.1 Å². The summed E-state index contributed by atoms with van der Waals surface area (Å²) in [5.41, 5.74) is 2.29. The van der Waals surface area contributed by atoms with Crippen LogP contribution in [0, 0.1) is 0 Å². The Hall–Kier alpha value is -1.81. The highest BCUT2D eigenvalue weighted by molar-refractivity contribution is 8.04. The largest absolute Gasteiger partial charge is 0.306 e. The van der Waals surface area contributed by atoms with Crippen LogP contribution in [0.3, 0.4) is 0 Å². The predicted octanol–water partition coefficient (Wildman–Crippen LogP) is 2.70. The molecule has 0 unspecified atom stereocenters. The molecule has 0 bridgehead atoms. The zero-order valence-corrected chi connectivity index (χ0v) is 11.4. The van der Waals surface area contributed by atoms with E-state index in [9.17, 15) is 9.59 Å². The number of hydrogen-bond acceptors (Lipinski definition) is 3. The van der Waals surface area contributed by atoms with E-state index in [-0.39, 0.29) is 11.7 Å². The van der Waals surface area contributed by atoms with Gasteiger partial charge in [0.15, 0.2) is 5.78 Å². The molecule has 1 aliphatic heterocycles. The van der Waals surface area contributed by atoms with Crippen molar-refractivity contribution in [3.8, 4) is 0 Å². The van der Waals surface area contributed by atoms with Gasteiger partial charge in [0, 0.05) is 12.1 Å². The first-order chi connectivity index (χ1) is 9.22. The van der Waals surface area contributed by atoms with Crippen LogP contribution < -0.4 is 0 Å². The maximum atomic E-state index is 12.5. The summed E-state index contributed by atoms with van der Waals surface area (Å²) in [6.45, 7) is 2.53. The van der Waals surface area contributed by atoms with Crippen molar-refractivity contribution in [3.63, 3.8) is 0 Å². The van der Waals surface area contributed by atoms with Gasteiger partial charge in [0.25, 0.3) is 0 Å². The number of carbonyl (C=O) groups is 2. The number of amides is 1. The average Bonchev–Trinajstić information content (AvgIpc) is 2.80. The lowest BCUT2D eigenvalue weighted by atomic mass is 9.93. The summed E-state index contributed by atoms with van der Waals surface area (Å²) in [6.07, 6.45) is 3.77. The molecule has 1 saturated heterocycles. The highest BCUT2D eigenvalue weighted by atomic mass is 32.2. The van der Waals surface area contributed by atoms with Crippen molar-refractivity contribution < 1.29 is 9.59 Å². The van der Waals surface area contributed by atoms with Gasteiger partial charge >= 0.3 is 0 Å². The molecule has 0 N–H and O–H groups in total. The van der Waals surface area contributed by atoms with Crippen molar-refractivity contribution in [2.75, 3.05) is 12.3 Å². The molecule has 4 heteroatoms. The Kier molecular flexibility index (Phi) is 3.03. The molecule has 0 spiro atoms. The van der Waals surface area contributed by atoms with Gasteiger partial charge in [0.2, 0.25) is 5.91 Å². The summed E-state index contributed by atoms with van der Waals surface area (Å²) in [4.78, 5) is 25.9. The fourth-order valence-corrected chi connectivity index (χ4v) is 3.47. The van der Waals surface area contributed by atoms with E-state index in [0.29, 0.717) is 23.4 Å². The monoisotopic (exact) mass is 271 g/mol. The Morgan fingerprint density at radius 3 is 2.79 bits per heavy atom. The Bertz CT molecular complexity index is 631. The van der Waals surface area contributed by atoms with Crippen LogP contribution in [-0.2, 0) is 4.79 Å². The van der Waals surface area contributed by atoms with Gasteiger partial charge in [-0.25, -0.2) is 0 Å². The normalized spacial score (nSPS) is 22.1. The second-order valence-electron chi connectivity index (χ2n) is 4.40. The van der Waals surface area contributed by atoms with E-state index in [4.69, 9.17) is 0 Å². The molecule has 1 aromatic carbocycles. The van der Waals surface area contributed by atoms with E-state index >= 15 is 0 Å². The molecule has 0 radical (unpaired) electrons. The fraction of sp³-hybridized carbons (Fsp3) is 0.200. The second kappa shape index (κ2) is 4.70. The molecule has 1 fully saturated rings. The number of hydrogen-bond donors (Lipinski definition) is 0. The van der Waals surface area contributed by atoms with Crippen molar-refractivity contribution >= 4 is 29.5 Å². The molecule has 1 aromatic rings. The minimum absolute atomic E-state index is 0.00810. The van der Waals surface area contributed by atoms with Crippen molar-refractivity contribution in [2.45, 2.75) is 6.92 Å². The van der Waals surface area contributed by atoms with Crippen LogP contribution in [0.25, 0.3) is 6.08 Å². The maximum Gasteiger partial charge on any atom is 0.237 e. The zero-order valence-electron chi connectivity index (χ0n) is 10.6. The highest BCUT2D eigenvalue weighted by Gasteiger charge is 2.31. The van der Waals surface area contributed by atoms with Crippen molar-refractivity contribution in [2.24, 2.45) is 0 Å². The van der Waals surface area contributed by atoms with Gasteiger partial charge in [-0.3, -0.25) is 9.59 Å². The third-order valence-electron chi connectivity index (χ3n) is 3.30. The van der Waals surface area contributed by atoms with Crippen LogP contribution in [0.1, 0.15) is 22.8 Å². The molecule has 19 heavy (non-hydrogen) atoms. The van der Waals surface area contributed by atoms with E-state index in [2.05, 4.69) is 0 Å². The average molecular weight is 271 g/mol. The molecule has 1 amide bonds. The first-order valence-corrected chi connectivity index (χ1v) is 7.20. The summed E-state index contributed by atoms with van der Waals surface area (Å²) < 4.78 is 0. The number of nitrogens with zero attached hydrogens (tertiary/aromatic N) is 1. The number of thioether (sulfide) groups is 1. The van der Waals surface area contributed by atoms with E-state index in [1.165, 1.54) is 11.8 Å². The summed E-state index contributed by atoms with van der Waals surface area (Å²) in [5, 5.41) is 0.795. The first-order valence-electron chi connectivity index (χ1n) is 6.21. The van der Waals surface area contributed by atoms with Gasteiger partial charge in [0.05, 0.1) is 16.4 Å². The summed E-state index contributed by atoms with van der Waals surface area (Å²) in [5.74, 6) is 0.513. The Labute approximate surface area is 116 Å². The minimum Gasteiger partial charge on any atom is -0.306 e. The molecule has 1 heterocycles. The van der Waals surface area contributed by atoms with Crippen LogP contribution in [0.4, 0.5) is 0 Å². The fourth-order valence-electron chi connectivity index (χ4n) is 2.35. The lowest BCUT2D eigenvalue weighted by Crippen LogP contribution is -2.26. The van der Waals surface area contributed by atoms with E-state index in [1.54, 1.807) is 4.90 Å². The van der Waals surface area contributed by atoms with Crippen molar-refractivity contribution in [1.82, 2.24) is 4.90 Å². The quantitative estimate of drug-likeness (QED) is 0.737. The van der Waals surface area contributed by atoms with Crippen molar-refractivity contribution in [1.29, 1.82) is 0 Å². The molecule has 1 aliphatic carbocycles. The molecular weight excluding hydrogens is 258 g/mol. The number of carbonyl (C=O) groups excluding carboxylic acids is 2. The van der Waals surface area contributed by atoms with E-state index < -0.39 is 0 Å². The zero-order chi connectivity index (χ0) is 13.4. The van der Waals surface area contributed by atoms with Crippen molar-refractivity contribution in [3.05, 3.63) is 52.1 Å². The van der Waals surface area contributed by atoms with E-state index in [1.807, 2.05) is 43.3 Å². The summed E-state index contributed by atoms with van der Waals surface area (Å²) in [6, 6.07) is 7.54. The Balaban J connectivity index is 2.10. The van der Waals surface area contributed by atoms with Crippen LogP contribution in [0.15, 0.2) is 40.9 Å². The van der Waals surface area contributed by atoms with Gasteiger partial charge in [-0.05, 0) is 18.6 Å². The SMILES string of the molecule is CCN1C(=O)CS/C1=C1\C=Cc2ccccc2C1=O. The van der Waals surface area contributed by atoms with Crippen LogP contribution in [0.2, 0.25) is 0 Å². The second-order valence-corrected chi connectivity index (χ2v) is 5.36. The number of ketones is 1. The third-order valence-corrected chi connectivity index (χ3v) is 4.41. The Morgan fingerprint density at radius 2 is 2.00 bits per heavy atom. The highest BCUT2D eigenvalue weighted by Crippen LogP contribution is 2.35. The number of rotatable bonds is 1. The van der Waals surface area contributed by atoms with Crippen LogP contribution in [0.5, 0.6) is 0 Å². The predicted molar refractivity (Wildman–Crippen MR) is 76.7 cm³/mol. The van der Waals surface area contributed by atoms with E-state index in [0.717, 1.165) is 10.6 Å². The number of fused-ring (bicyclic) bond motifs is 1. The Morgan fingerprint density at radius 1 is 1.21 bits per heavy atom. The summed E-state index contributed by atoms with van der Waals surface area (Å²) >= 11 is 1.45. The minimum atomic E-state index is 0.00810. The topological polar surface area (TPSA) is 37.4 Å². The van der Waals surface area contributed by atoms with Gasteiger partial charge in [-0.2, -0.15) is 0 Å². The van der Waals surface area contributed by atoms with Gasteiger partial charge < -0.3 is 4.90 Å². The number of allylic oxidation sites excluding steroid dienone is 2. The first kappa shape index (κ1) is 12.2. The molecular formula is C15H13NO2S. The van der Waals surface area contributed by atoms with Gasteiger partial charge in [0.1, 0.15) is 0 Å². The number of benzene rings is 1. The summed E-state index contributed by atoms with van der Waals surface area (Å²) in [7, 11) is 0. The molecule has 0 saturated carbocycles. The smallest absolute Gasteiger partial charge is 0.237 e. The molecule has 2 aliphatic rings. The molecule has 96 valence electrons. The molecule has 0 aromatic heterocycles. The van der Waals surface area contributed by atoms with Gasteiger partial charge in [-0.15, -0.1) is 0 Å². The van der Waals surface area contributed by atoms with Crippen LogP contribution in [-0.4, -0.2) is 28.9 Å². The molecule has 0 atom stereocenters. The lowest BCUT2D eigenvalue weighted by Gasteiger charge is -2.19. The number of Topliss-reactive ketones (excluding diaryl/α,β-unsaturated/α-hetero) is 1. The standard InChI is InChI=1S/C15H13NO2S/c1-2-16-13(17)9-19-15(16)12-8-7-10-5-3-4-6-11(10)14(12)18/h3-8H,2,9H2,1H3/b15-12+. The molecule has 3 nitrogen and oxygen atoms in total. The lowest BCUT2D eigenvalue weighted by molar-refractivity contribution is -0.125. The maximum absolute atomic E-state index is 12.5. The third kappa shape index (κ3) is 1.92.